The molecule has 1 unspecified atom stereocenters. The molecule has 1 N–H and O–H groups in total. The summed E-state index contributed by atoms with van der Waals surface area (Å²) in [4.78, 5) is 24.9. The third-order valence-corrected chi connectivity index (χ3v) is 5.48. The fourth-order valence-corrected chi connectivity index (χ4v) is 4.10. The molecule has 6 nitrogen and oxygen atoms in total. The summed E-state index contributed by atoms with van der Waals surface area (Å²) in [6.07, 6.45) is 3.80. The van der Waals surface area contributed by atoms with Crippen LogP contribution in [0.15, 0.2) is 54.6 Å². The molecule has 0 spiro atoms. The number of para-hydroxylation sites is 1. The quantitative estimate of drug-likeness (QED) is 0.682. The zero-order valence-corrected chi connectivity index (χ0v) is 14.6. The first-order valence-electron chi connectivity index (χ1n) is 8.47. The number of hydrogen-bond acceptors (Lipinski definition) is 4. The maximum absolute atomic E-state index is 12.2. The number of non-ortho nitro benzene ring substituents is 1. The van der Waals surface area contributed by atoms with Crippen molar-refractivity contribution in [3.05, 3.63) is 75.8 Å². The van der Waals surface area contributed by atoms with E-state index < -0.39 is 10.6 Å². The Morgan fingerprint density at radius 3 is 2.73 bits per heavy atom. The van der Waals surface area contributed by atoms with E-state index in [2.05, 4.69) is 30.1 Å². The number of benzene rings is 2. The molecule has 0 bridgehead atoms. The van der Waals surface area contributed by atoms with E-state index in [1.807, 2.05) is 36.4 Å². The van der Waals surface area contributed by atoms with Crippen molar-refractivity contribution in [3.8, 4) is 0 Å². The van der Waals surface area contributed by atoms with Crippen LogP contribution >= 0.6 is 0 Å². The molecule has 2 heterocycles. The third-order valence-electron chi connectivity index (χ3n) is 5.48. The molecule has 132 valence electrons. The van der Waals surface area contributed by atoms with Crippen molar-refractivity contribution in [2.45, 2.75) is 24.9 Å². The summed E-state index contributed by atoms with van der Waals surface area (Å²) in [6, 6.07) is 14.6. The Hall–Kier alpha value is -3.15. The van der Waals surface area contributed by atoms with Gasteiger partial charge in [-0.3, -0.25) is 14.9 Å². The molecular formula is C20H19N3O3. The molecule has 0 saturated carbocycles. The number of amides is 1. The lowest BCUT2D eigenvalue weighted by atomic mass is 9.75. The van der Waals surface area contributed by atoms with E-state index >= 15 is 0 Å². The summed E-state index contributed by atoms with van der Waals surface area (Å²) in [6.45, 7) is 4.50. The van der Waals surface area contributed by atoms with E-state index in [0.717, 1.165) is 11.3 Å². The van der Waals surface area contributed by atoms with E-state index in [0.29, 0.717) is 6.54 Å². The van der Waals surface area contributed by atoms with Crippen LogP contribution in [0.2, 0.25) is 0 Å². The normalized spacial score (nSPS) is 23.0. The van der Waals surface area contributed by atoms with Gasteiger partial charge in [-0.15, -0.1) is 0 Å². The van der Waals surface area contributed by atoms with Gasteiger partial charge in [-0.05, 0) is 23.3 Å². The van der Waals surface area contributed by atoms with Crippen LogP contribution < -0.4 is 10.2 Å². The monoisotopic (exact) mass is 349 g/mol. The number of nitro benzene ring substituents is 1. The molecule has 6 heteroatoms. The first kappa shape index (κ1) is 16.3. The predicted molar refractivity (Wildman–Crippen MR) is 99.8 cm³/mol. The molecule has 2 aromatic carbocycles. The van der Waals surface area contributed by atoms with Crippen molar-refractivity contribution in [3.63, 3.8) is 0 Å². The topological polar surface area (TPSA) is 75.5 Å². The van der Waals surface area contributed by atoms with Crippen LogP contribution in [0.25, 0.3) is 6.08 Å². The van der Waals surface area contributed by atoms with Gasteiger partial charge in [0, 0.05) is 23.2 Å². The number of anilines is 1. The van der Waals surface area contributed by atoms with E-state index in [9.17, 15) is 14.9 Å². The highest BCUT2D eigenvalue weighted by Gasteiger charge is 2.59. The minimum absolute atomic E-state index is 0.0312. The van der Waals surface area contributed by atoms with Gasteiger partial charge in [0.05, 0.1) is 11.5 Å². The van der Waals surface area contributed by atoms with Crippen molar-refractivity contribution >= 4 is 23.4 Å². The number of nitrogens with zero attached hydrogens (tertiary/aromatic N) is 2. The number of hydrogen-bond donors (Lipinski definition) is 1. The van der Waals surface area contributed by atoms with E-state index in [4.69, 9.17) is 0 Å². The lowest BCUT2D eigenvalue weighted by Gasteiger charge is -2.40. The summed E-state index contributed by atoms with van der Waals surface area (Å²) < 4.78 is 0. The zero-order valence-electron chi connectivity index (χ0n) is 14.6. The molecule has 1 fully saturated rings. The van der Waals surface area contributed by atoms with Crippen molar-refractivity contribution in [2.75, 3.05) is 11.4 Å². The molecular weight excluding hydrogens is 330 g/mol. The highest BCUT2D eigenvalue weighted by molar-refractivity contribution is 5.91. The minimum Gasteiger partial charge on any atom is -0.335 e. The average molecular weight is 349 g/mol. The molecule has 2 aliphatic heterocycles. The van der Waals surface area contributed by atoms with Gasteiger partial charge >= 0.3 is 0 Å². The first-order valence-corrected chi connectivity index (χ1v) is 8.47. The van der Waals surface area contributed by atoms with Crippen LogP contribution in [0.4, 0.5) is 11.4 Å². The van der Waals surface area contributed by atoms with Gasteiger partial charge in [0.15, 0.2) is 0 Å². The number of nitro groups is 1. The predicted octanol–water partition coefficient (Wildman–Crippen LogP) is 3.23. The maximum Gasteiger partial charge on any atom is 0.270 e. The third kappa shape index (κ3) is 2.15. The molecule has 1 saturated heterocycles. The highest BCUT2D eigenvalue weighted by Crippen LogP contribution is 2.52. The Morgan fingerprint density at radius 1 is 1.19 bits per heavy atom. The Bertz CT molecular complexity index is 951. The molecule has 26 heavy (non-hydrogen) atoms. The highest BCUT2D eigenvalue weighted by atomic mass is 16.6. The van der Waals surface area contributed by atoms with Crippen LogP contribution in [0, 0.1) is 10.1 Å². The second-order valence-corrected chi connectivity index (χ2v) is 7.23. The summed E-state index contributed by atoms with van der Waals surface area (Å²) in [5, 5.41) is 14.1. The van der Waals surface area contributed by atoms with Crippen LogP contribution in [0.5, 0.6) is 0 Å². The van der Waals surface area contributed by atoms with Crippen LogP contribution in [-0.2, 0) is 10.2 Å². The minimum atomic E-state index is -0.696. The van der Waals surface area contributed by atoms with E-state index in [-0.39, 0.29) is 17.0 Å². The van der Waals surface area contributed by atoms with Crippen LogP contribution in [-0.4, -0.2) is 23.0 Å². The summed E-state index contributed by atoms with van der Waals surface area (Å²) in [5.41, 5.74) is 1.93. The Kier molecular flexibility index (Phi) is 3.41. The van der Waals surface area contributed by atoms with E-state index in [1.54, 1.807) is 6.07 Å². The summed E-state index contributed by atoms with van der Waals surface area (Å²) in [7, 11) is 0. The van der Waals surface area contributed by atoms with Crippen molar-refractivity contribution in [1.82, 2.24) is 5.32 Å². The molecule has 0 aliphatic carbocycles. The van der Waals surface area contributed by atoms with Gasteiger partial charge in [-0.1, -0.05) is 50.3 Å². The SMILES string of the molecule is CC1(C)c2ccccc2N2CC(=O)NC21/C=C/c1cccc([N+](=O)[O-])c1. The zero-order chi connectivity index (χ0) is 18.5. The summed E-state index contributed by atoms with van der Waals surface area (Å²) >= 11 is 0. The average Bonchev–Trinajstić information content (AvgIpc) is 3.05. The number of rotatable bonds is 3. The van der Waals surface area contributed by atoms with Gasteiger partial charge in [0.2, 0.25) is 5.91 Å². The number of nitrogens with one attached hydrogen (secondary N) is 1. The van der Waals surface area contributed by atoms with E-state index in [1.165, 1.54) is 17.7 Å². The van der Waals surface area contributed by atoms with Gasteiger partial charge in [0.25, 0.3) is 5.69 Å². The molecule has 0 aromatic heterocycles. The summed E-state index contributed by atoms with van der Waals surface area (Å²) in [5.74, 6) is -0.0312. The van der Waals surface area contributed by atoms with Crippen molar-refractivity contribution in [2.24, 2.45) is 0 Å². The number of carbonyl (C=O) groups is 1. The van der Waals surface area contributed by atoms with Crippen molar-refractivity contribution in [1.29, 1.82) is 0 Å². The number of carbonyl (C=O) groups excluding carboxylic acids is 1. The molecule has 2 aromatic rings. The molecule has 1 amide bonds. The second-order valence-electron chi connectivity index (χ2n) is 7.23. The maximum atomic E-state index is 12.2. The van der Waals surface area contributed by atoms with Crippen LogP contribution in [0.3, 0.4) is 0 Å². The number of fused-ring (bicyclic) bond motifs is 3. The Labute approximate surface area is 151 Å². The van der Waals surface area contributed by atoms with Gasteiger partial charge < -0.3 is 10.2 Å². The van der Waals surface area contributed by atoms with Gasteiger partial charge in [-0.2, -0.15) is 0 Å². The molecule has 0 radical (unpaired) electrons. The fraction of sp³-hybridized carbons (Fsp3) is 0.250. The lowest BCUT2D eigenvalue weighted by molar-refractivity contribution is -0.384. The van der Waals surface area contributed by atoms with Gasteiger partial charge in [0.1, 0.15) is 5.66 Å². The lowest BCUT2D eigenvalue weighted by Crippen LogP contribution is -2.58. The standard InChI is InChI=1S/C20H19N3O3/c1-19(2)16-8-3-4-9-17(16)22-13-18(24)21-20(19,22)11-10-14-6-5-7-15(12-14)23(25)26/h3-12H,13H2,1-2H3,(H,21,24)/b11-10+. The molecule has 1 atom stereocenters. The smallest absolute Gasteiger partial charge is 0.270 e. The van der Waals surface area contributed by atoms with Gasteiger partial charge in [-0.25, -0.2) is 0 Å². The molecule has 2 aliphatic rings. The van der Waals surface area contributed by atoms with Crippen molar-refractivity contribution < 1.29 is 9.72 Å². The Morgan fingerprint density at radius 2 is 1.96 bits per heavy atom. The second kappa shape index (κ2) is 5.42. The molecule has 4 rings (SSSR count). The fourth-order valence-electron chi connectivity index (χ4n) is 4.10. The first-order chi connectivity index (χ1) is 12.3. The Balaban J connectivity index is 1.80. The largest absolute Gasteiger partial charge is 0.335 e. The van der Waals surface area contributed by atoms with Crippen LogP contribution in [0.1, 0.15) is 25.0 Å².